The van der Waals surface area contributed by atoms with E-state index in [2.05, 4.69) is 34.5 Å². The Kier molecular flexibility index (Phi) is 7.83. The van der Waals surface area contributed by atoms with Crippen LogP contribution in [-0.2, 0) is 13.0 Å². The Hall–Kier alpha value is -2.93. The minimum Gasteiger partial charge on any atom is -0.351 e. The van der Waals surface area contributed by atoms with Gasteiger partial charge in [-0.2, -0.15) is 0 Å². The Morgan fingerprint density at radius 1 is 0.912 bits per heavy atom. The average molecular weight is 498 g/mol. The number of likely N-dealkylation sites (tertiary alicyclic amines) is 1. The minimum absolute atomic E-state index is 0.0229. The molecule has 8 heteroatoms. The average Bonchev–Trinajstić information content (AvgIpc) is 3.34. The lowest BCUT2D eigenvalue weighted by molar-refractivity contribution is -0.385. The summed E-state index contributed by atoms with van der Waals surface area (Å²) < 4.78 is 0. The largest absolute Gasteiger partial charge is 0.351 e. The molecule has 0 saturated carbocycles. The third-order valence-corrected chi connectivity index (χ3v) is 6.76. The van der Waals surface area contributed by atoms with Crippen molar-refractivity contribution in [2.75, 3.05) is 19.6 Å². The number of rotatable bonds is 8. The zero-order valence-electron chi connectivity index (χ0n) is 18.6. The van der Waals surface area contributed by atoms with E-state index in [9.17, 15) is 14.9 Å². The Morgan fingerprint density at radius 3 is 2.24 bits per heavy atom. The van der Waals surface area contributed by atoms with Gasteiger partial charge in [0, 0.05) is 19.2 Å². The van der Waals surface area contributed by atoms with Crippen molar-refractivity contribution >= 4 is 34.8 Å². The van der Waals surface area contributed by atoms with Gasteiger partial charge in [-0.1, -0.05) is 59.6 Å². The van der Waals surface area contributed by atoms with Gasteiger partial charge < -0.3 is 5.32 Å². The van der Waals surface area contributed by atoms with Crippen molar-refractivity contribution in [3.8, 4) is 11.1 Å². The number of nitrogens with one attached hydrogen (secondary N) is 1. The molecule has 0 radical (unpaired) electrons. The van der Waals surface area contributed by atoms with Gasteiger partial charge in [-0.25, -0.2) is 0 Å². The fourth-order valence-corrected chi connectivity index (χ4v) is 4.45. The zero-order chi connectivity index (χ0) is 24.1. The van der Waals surface area contributed by atoms with Crippen LogP contribution in [0.2, 0.25) is 10.0 Å². The van der Waals surface area contributed by atoms with E-state index in [0.29, 0.717) is 34.1 Å². The van der Waals surface area contributed by atoms with Crippen molar-refractivity contribution in [2.45, 2.75) is 25.8 Å². The van der Waals surface area contributed by atoms with Crippen LogP contribution in [0.3, 0.4) is 0 Å². The van der Waals surface area contributed by atoms with Crippen LogP contribution < -0.4 is 5.32 Å². The normalized spacial score (nSPS) is 13.7. The van der Waals surface area contributed by atoms with Crippen molar-refractivity contribution in [1.29, 1.82) is 0 Å². The molecule has 4 rings (SSSR count). The van der Waals surface area contributed by atoms with Crippen LogP contribution in [0.15, 0.2) is 60.7 Å². The van der Waals surface area contributed by atoms with Crippen molar-refractivity contribution in [2.24, 2.45) is 0 Å². The molecule has 1 N–H and O–H groups in total. The van der Waals surface area contributed by atoms with Crippen LogP contribution in [0.5, 0.6) is 0 Å². The van der Waals surface area contributed by atoms with Crippen LogP contribution in [0.1, 0.15) is 34.3 Å². The highest BCUT2D eigenvalue weighted by molar-refractivity contribution is 6.42. The van der Waals surface area contributed by atoms with Crippen LogP contribution in [-0.4, -0.2) is 35.4 Å². The first-order valence-electron chi connectivity index (χ1n) is 11.2. The lowest BCUT2D eigenvalue weighted by atomic mass is 10.0. The molecule has 3 aromatic carbocycles. The van der Waals surface area contributed by atoms with E-state index in [0.717, 1.165) is 25.2 Å². The van der Waals surface area contributed by atoms with Crippen molar-refractivity contribution in [3.05, 3.63) is 97.5 Å². The smallest absolute Gasteiger partial charge is 0.282 e. The number of hydrogen-bond donors (Lipinski definition) is 1. The molecule has 0 aliphatic carbocycles. The molecule has 1 fully saturated rings. The third-order valence-electron chi connectivity index (χ3n) is 6.02. The number of nitro benzene ring substituents is 1. The Morgan fingerprint density at radius 2 is 1.56 bits per heavy atom. The minimum atomic E-state index is -0.547. The molecule has 1 aliphatic rings. The summed E-state index contributed by atoms with van der Waals surface area (Å²) in [4.78, 5) is 26.3. The molecule has 0 aromatic heterocycles. The van der Waals surface area contributed by atoms with Gasteiger partial charge in [-0.05, 0) is 72.8 Å². The zero-order valence-corrected chi connectivity index (χ0v) is 20.1. The van der Waals surface area contributed by atoms with Crippen molar-refractivity contribution in [3.63, 3.8) is 0 Å². The third kappa shape index (κ3) is 5.95. The fraction of sp³-hybridized carbons (Fsp3) is 0.269. The number of nitrogens with zero attached hydrogens (tertiary/aromatic N) is 2. The second-order valence-corrected chi connectivity index (χ2v) is 9.24. The maximum Gasteiger partial charge on any atom is 0.282 e. The molecule has 1 heterocycles. The number of halogens is 2. The molecule has 1 amide bonds. The maximum atomic E-state index is 12.7. The van der Waals surface area contributed by atoms with Gasteiger partial charge in [0.05, 0.1) is 15.0 Å². The molecule has 34 heavy (non-hydrogen) atoms. The summed E-state index contributed by atoms with van der Waals surface area (Å²) >= 11 is 12.0. The summed E-state index contributed by atoms with van der Waals surface area (Å²) in [5.74, 6) is -0.474. The topological polar surface area (TPSA) is 75.5 Å². The second-order valence-electron chi connectivity index (χ2n) is 8.42. The van der Waals surface area contributed by atoms with E-state index >= 15 is 0 Å². The fourth-order valence-electron chi connectivity index (χ4n) is 4.16. The molecule has 176 valence electrons. The van der Waals surface area contributed by atoms with E-state index in [4.69, 9.17) is 23.2 Å². The highest BCUT2D eigenvalue weighted by Gasteiger charge is 2.21. The number of nitro groups is 1. The predicted octanol–water partition coefficient (Wildman–Crippen LogP) is 6.14. The van der Waals surface area contributed by atoms with Crippen molar-refractivity contribution < 1.29 is 9.72 Å². The van der Waals surface area contributed by atoms with Gasteiger partial charge in [0.1, 0.15) is 5.56 Å². The molecular formula is C26H25Cl2N3O3. The summed E-state index contributed by atoms with van der Waals surface area (Å²) in [6, 6.07) is 17.9. The van der Waals surface area contributed by atoms with Gasteiger partial charge in [0.25, 0.3) is 11.6 Å². The highest BCUT2D eigenvalue weighted by atomic mass is 35.5. The number of carbonyl (C=O) groups is 1. The summed E-state index contributed by atoms with van der Waals surface area (Å²) in [5, 5.41) is 15.2. The number of carbonyl (C=O) groups excluding carboxylic acids is 1. The Bertz CT molecular complexity index is 1190. The molecule has 0 spiro atoms. The Labute approximate surface area is 208 Å². The SMILES string of the molecule is O=C(NCCc1ccc(CN2CCCC2)cc1)c1ccc(-c2ccc(Cl)c(Cl)c2)cc1[N+](=O)[O-]. The molecule has 0 atom stereocenters. The van der Waals surface area contributed by atoms with E-state index in [-0.39, 0.29) is 11.3 Å². The van der Waals surface area contributed by atoms with Gasteiger partial charge in [-0.3, -0.25) is 19.8 Å². The van der Waals surface area contributed by atoms with E-state index < -0.39 is 10.8 Å². The first kappa shape index (κ1) is 24.2. The van der Waals surface area contributed by atoms with Gasteiger partial charge in [0.15, 0.2) is 0 Å². The van der Waals surface area contributed by atoms with Crippen LogP contribution in [0, 0.1) is 10.1 Å². The summed E-state index contributed by atoms with van der Waals surface area (Å²) in [7, 11) is 0. The number of hydrogen-bond acceptors (Lipinski definition) is 4. The molecule has 1 saturated heterocycles. The van der Waals surface area contributed by atoms with Crippen LogP contribution >= 0.6 is 23.2 Å². The van der Waals surface area contributed by atoms with E-state index in [1.54, 1.807) is 24.3 Å². The number of benzene rings is 3. The molecule has 0 bridgehead atoms. The predicted molar refractivity (Wildman–Crippen MR) is 136 cm³/mol. The monoisotopic (exact) mass is 497 g/mol. The highest BCUT2D eigenvalue weighted by Crippen LogP contribution is 2.31. The quantitative estimate of drug-likeness (QED) is 0.299. The second kappa shape index (κ2) is 11.0. The summed E-state index contributed by atoms with van der Waals surface area (Å²) in [5.41, 5.74) is 3.41. The van der Waals surface area contributed by atoms with Gasteiger partial charge in [-0.15, -0.1) is 0 Å². The molecule has 1 aliphatic heterocycles. The van der Waals surface area contributed by atoms with E-state index in [1.807, 2.05) is 0 Å². The van der Waals surface area contributed by atoms with Gasteiger partial charge >= 0.3 is 0 Å². The first-order valence-corrected chi connectivity index (χ1v) is 12.0. The molecule has 6 nitrogen and oxygen atoms in total. The summed E-state index contributed by atoms with van der Waals surface area (Å²) in [6.07, 6.45) is 3.19. The molecule has 3 aromatic rings. The molecular weight excluding hydrogens is 473 g/mol. The van der Waals surface area contributed by atoms with Gasteiger partial charge in [0.2, 0.25) is 0 Å². The van der Waals surface area contributed by atoms with Crippen LogP contribution in [0.25, 0.3) is 11.1 Å². The first-order chi connectivity index (χ1) is 16.4. The molecule has 0 unspecified atom stereocenters. The van der Waals surface area contributed by atoms with Crippen molar-refractivity contribution in [1.82, 2.24) is 10.2 Å². The lowest BCUT2D eigenvalue weighted by Crippen LogP contribution is -2.26. The van der Waals surface area contributed by atoms with Crippen LogP contribution in [0.4, 0.5) is 5.69 Å². The summed E-state index contributed by atoms with van der Waals surface area (Å²) in [6.45, 7) is 3.68. The number of amides is 1. The van der Waals surface area contributed by atoms with E-state index in [1.165, 1.54) is 30.5 Å². The maximum absolute atomic E-state index is 12.7. The Balaban J connectivity index is 1.38. The lowest BCUT2D eigenvalue weighted by Gasteiger charge is -2.14. The standard InChI is InChI=1S/C26H25Cl2N3O3/c27-23-10-8-20(15-24(23)28)21-7-9-22(25(16-21)31(33)34)26(32)29-12-11-18-3-5-19(6-4-18)17-30-13-1-2-14-30/h3-10,15-16H,1-2,11-14,17H2,(H,29,32).